The van der Waals surface area contributed by atoms with Crippen LogP contribution in [0.5, 0.6) is 5.75 Å². The summed E-state index contributed by atoms with van der Waals surface area (Å²) in [5.41, 5.74) is 5.30. The molecule has 4 nitrogen and oxygen atoms in total. The van der Waals surface area contributed by atoms with Gasteiger partial charge in [0.25, 0.3) is 5.91 Å². The molecular weight excluding hydrogens is 242 g/mol. The first-order chi connectivity index (χ1) is 8.65. The van der Waals surface area contributed by atoms with Crippen LogP contribution in [0.1, 0.15) is 10.4 Å². The van der Waals surface area contributed by atoms with Gasteiger partial charge in [-0.1, -0.05) is 24.3 Å². The fraction of sp³-hybridized carbons (Fsp3) is 0.250. The molecule has 0 aliphatic rings. The normalized spacial score (nSPS) is 10.9. The minimum absolute atomic E-state index is 0.0685. The third-order valence-electron chi connectivity index (χ3n) is 2.03. The van der Waals surface area contributed by atoms with Crippen LogP contribution in [0.4, 0.5) is 8.78 Å². The lowest BCUT2D eigenvalue weighted by molar-refractivity contribution is -0.0501. The Balaban J connectivity index is 2.69. The van der Waals surface area contributed by atoms with Crippen LogP contribution >= 0.6 is 0 Å². The first kappa shape index (κ1) is 14.1. The van der Waals surface area contributed by atoms with E-state index in [-0.39, 0.29) is 17.9 Å². The molecule has 1 rings (SSSR count). The molecule has 6 heteroatoms. The molecule has 0 aromatic heterocycles. The van der Waals surface area contributed by atoms with E-state index in [1.807, 2.05) is 0 Å². The van der Waals surface area contributed by atoms with Crippen molar-refractivity contribution in [1.82, 2.24) is 5.32 Å². The Morgan fingerprint density at radius 3 is 2.78 bits per heavy atom. The topological polar surface area (TPSA) is 64.3 Å². The minimum atomic E-state index is -2.96. The second-order valence-electron chi connectivity index (χ2n) is 3.29. The molecule has 0 aliphatic carbocycles. The van der Waals surface area contributed by atoms with E-state index in [9.17, 15) is 13.6 Å². The Labute approximate surface area is 103 Å². The molecule has 0 atom stereocenters. The summed E-state index contributed by atoms with van der Waals surface area (Å²) in [6, 6.07) is 5.82. The van der Waals surface area contributed by atoms with Gasteiger partial charge in [0, 0.05) is 13.1 Å². The van der Waals surface area contributed by atoms with Crippen molar-refractivity contribution in [3.8, 4) is 5.75 Å². The number of ether oxygens (including phenoxy) is 1. The van der Waals surface area contributed by atoms with Gasteiger partial charge in [0.1, 0.15) is 5.75 Å². The van der Waals surface area contributed by atoms with Gasteiger partial charge in [-0.25, -0.2) is 0 Å². The zero-order chi connectivity index (χ0) is 13.4. The Kier molecular flexibility index (Phi) is 5.79. The van der Waals surface area contributed by atoms with E-state index in [4.69, 9.17) is 5.73 Å². The molecule has 1 aromatic carbocycles. The molecule has 0 saturated heterocycles. The number of para-hydroxylation sites is 1. The summed E-state index contributed by atoms with van der Waals surface area (Å²) < 4.78 is 28.5. The third kappa shape index (κ3) is 4.50. The number of alkyl halides is 2. The molecule has 0 saturated carbocycles. The van der Waals surface area contributed by atoms with E-state index in [1.165, 1.54) is 18.2 Å². The summed E-state index contributed by atoms with van der Waals surface area (Å²) in [6.45, 7) is -2.31. The number of nitrogens with two attached hydrogens (primary N) is 1. The van der Waals surface area contributed by atoms with Crippen LogP contribution in [0.15, 0.2) is 36.4 Å². The fourth-order valence-corrected chi connectivity index (χ4v) is 1.28. The number of hydrogen-bond acceptors (Lipinski definition) is 3. The summed E-state index contributed by atoms with van der Waals surface area (Å²) in [4.78, 5) is 11.7. The second-order valence-corrected chi connectivity index (χ2v) is 3.29. The van der Waals surface area contributed by atoms with E-state index in [1.54, 1.807) is 18.2 Å². The van der Waals surface area contributed by atoms with Gasteiger partial charge in [-0.15, -0.1) is 0 Å². The number of rotatable bonds is 6. The van der Waals surface area contributed by atoms with Crippen LogP contribution in [-0.2, 0) is 0 Å². The highest BCUT2D eigenvalue weighted by atomic mass is 19.3. The molecule has 3 N–H and O–H groups in total. The lowest BCUT2D eigenvalue weighted by Gasteiger charge is -2.09. The molecule has 18 heavy (non-hydrogen) atoms. The maximum absolute atomic E-state index is 12.1. The highest BCUT2D eigenvalue weighted by Crippen LogP contribution is 2.19. The van der Waals surface area contributed by atoms with Crippen LogP contribution in [0, 0.1) is 0 Å². The van der Waals surface area contributed by atoms with Crippen molar-refractivity contribution in [1.29, 1.82) is 0 Å². The molecule has 0 heterocycles. The molecular formula is C12H14F2N2O2. The average Bonchev–Trinajstić information content (AvgIpc) is 2.34. The van der Waals surface area contributed by atoms with Crippen molar-refractivity contribution in [3.63, 3.8) is 0 Å². The van der Waals surface area contributed by atoms with Crippen LogP contribution in [0.2, 0.25) is 0 Å². The van der Waals surface area contributed by atoms with Crippen molar-refractivity contribution in [2.24, 2.45) is 5.73 Å². The summed E-state index contributed by atoms with van der Waals surface area (Å²) in [7, 11) is 0. The number of halogens is 2. The number of carbonyl (C=O) groups excluding carboxylic acids is 1. The van der Waals surface area contributed by atoms with Gasteiger partial charge in [0.2, 0.25) is 0 Å². The van der Waals surface area contributed by atoms with E-state index in [0.717, 1.165) is 0 Å². The molecule has 0 unspecified atom stereocenters. The van der Waals surface area contributed by atoms with Gasteiger partial charge >= 0.3 is 6.61 Å². The van der Waals surface area contributed by atoms with Crippen molar-refractivity contribution < 1.29 is 18.3 Å². The van der Waals surface area contributed by atoms with E-state index in [2.05, 4.69) is 10.1 Å². The minimum Gasteiger partial charge on any atom is -0.434 e. The zero-order valence-electron chi connectivity index (χ0n) is 9.61. The van der Waals surface area contributed by atoms with Crippen LogP contribution < -0.4 is 15.8 Å². The first-order valence-electron chi connectivity index (χ1n) is 5.32. The van der Waals surface area contributed by atoms with Gasteiger partial charge in [0.15, 0.2) is 0 Å². The predicted molar refractivity (Wildman–Crippen MR) is 63.6 cm³/mol. The number of benzene rings is 1. The van der Waals surface area contributed by atoms with Crippen LogP contribution in [0.25, 0.3) is 0 Å². The number of nitrogens with one attached hydrogen (secondary N) is 1. The average molecular weight is 256 g/mol. The van der Waals surface area contributed by atoms with Gasteiger partial charge in [-0.2, -0.15) is 8.78 Å². The fourth-order valence-electron chi connectivity index (χ4n) is 1.28. The van der Waals surface area contributed by atoms with Crippen LogP contribution in [-0.4, -0.2) is 25.6 Å². The summed E-state index contributed by atoms with van der Waals surface area (Å²) in [5.74, 6) is -0.624. The number of hydrogen-bond donors (Lipinski definition) is 2. The van der Waals surface area contributed by atoms with Crippen molar-refractivity contribution in [3.05, 3.63) is 42.0 Å². The summed E-state index contributed by atoms with van der Waals surface area (Å²) in [6.07, 6.45) is 3.36. The molecule has 0 radical (unpaired) electrons. The maximum atomic E-state index is 12.1. The van der Waals surface area contributed by atoms with Crippen molar-refractivity contribution in [2.75, 3.05) is 13.1 Å². The lowest BCUT2D eigenvalue weighted by atomic mass is 10.2. The smallest absolute Gasteiger partial charge is 0.387 e. The largest absolute Gasteiger partial charge is 0.434 e. The molecule has 0 fully saturated rings. The van der Waals surface area contributed by atoms with Gasteiger partial charge in [-0.05, 0) is 12.1 Å². The lowest BCUT2D eigenvalue weighted by Crippen LogP contribution is -2.24. The molecule has 0 bridgehead atoms. The van der Waals surface area contributed by atoms with Gasteiger partial charge in [0.05, 0.1) is 5.56 Å². The molecule has 0 aliphatic heterocycles. The summed E-state index contributed by atoms with van der Waals surface area (Å²) >= 11 is 0. The Bertz CT molecular complexity index is 422. The highest BCUT2D eigenvalue weighted by molar-refractivity contribution is 5.96. The number of carbonyl (C=O) groups is 1. The Morgan fingerprint density at radius 1 is 1.39 bits per heavy atom. The Morgan fingerprint density at radius 2 is 2.11 bits per heavy atom. The molecule has 1 amide bonds. The van der Waals surface area contributed by atoms with Gasteiger partial charge < -0.3 is 15.8 Å². The summed E-state index contributed by atoms with van der Waals surface area (Å²) in [5, 5.41) is 2.54. The van der Waals surface area contributed by atoms with Crippen molar-refractivity contribution >= 4 is 5.91 Å². The quantitative estimate of drug-likeness (QED) is 0.759. The SMILES string of the molecule is NC/C=C/CNC(=O)c1ccccc1OC(F)F. The zero-order valence-corrected chi connectivity index (χ0v) is 9.61. The first-order valence-corrected chi connectivity index (χ1v) is 5.32. The standard InChI is InChI=1S/C12H14F2N2O2/c13-12(14)18-10-6-2-1-5-9(10)11(17)16-8-4-3-7-15/h1-6,12H,7-8,15H2,(H,16,17)/b4-3+. The van der Waals surface area contributed by atoms with Gasteiger partial charge in [-0.3, -0.25) is 4.79 Å². The van der Waals surface area contributed by atoms with E-state index >= 15 is 0 Å². The molecule has 0 spiro atoms. The van der Waals surface area contributed by atoms with Crippen LogP contribution in [0.3, 0.4) is 0 Å². The predicted octanol–water partition coefficient (Wildman–Crippen LogP) is 1.53. The highest BCUT2D eigenvalue weighted by Gasteiger charge is 2.14. The maximum Gasteiger partial charge on any atom is 0.387 e. The van der Waals surface area contributed by atoms with E-state index < -0.39 is 12.5 Å². The number of amides is 1. The van der Waals surface area contributed by atoms with E-state index in [0.29, 0.717) is 6.54 Å². The monoisotopic (exact) mass is 256 g/mol. The second kappa shape index (κ2) is 7.39. The molecule has 1 aromatic rings. The third-order valence-corrected chi connectivity index (χ3v) is 2.03. The Hall–Kier alpha value is -1.95. The van der Waals surface area contributed by atoms with Crippen molar-refractivity contribution in [2.45, 2.75) is 6.61 Å². The molecule has 98 valence electrons.